The molecule has 0 fully saturated rings. The average molecular weight is 426 g/mol. The van der Waals surface area contributed by atoms with Gasteiger partial charge < -0.3 is 14.8 Å². The third kappa shape index (κ3) is 4.27. The van der Waals surface area contributed by atoms with Gasteiger partial charge >= 0.3 is 0 Å². The van der Waals surface area contributed by atoms with Crippen LogP contribution in [0.3, 0.4) is 0 Å². The first-order valence-electron chi connectivity index (χ1n) is 9.17. The number of nitrogens with zero attached hydrogens (tertiary/aromatic N) is 3. The van der Waals surface area contributed by atoms with E-state index < -0.39 is 29.5 Å². The highest BCUT2D eigenvalue weighted by molar-refractivity contribution is 6.02. The van der Waals surface area contributed by atoms with E-state index in [1.54, 1.807) is 12.1 Å². The number of likely N-dealkylation sites (N-methyl/N-ethyl adjacent to an activating group) is 1. The van der Waals surface area contributed by atoms with Gasteiger partial charge in [-0.05, 0) is 30.3 Å². The van der Waals surface area contributed by atoms with Crippen LogP contribution in [0.5, 0.6) is 17.2 Å². The standard InChI is InChI=1S/C21H16F2N4O4/c1-27-19-18(3-2-7-25-19)30-11-16(21(27)29)26-20(28)15-10-13(6-8-24-15)31-17-5-4-12(22)9-14(17)23/h2-10,16H,11H2,1H3,(H,26,28)/t16-/m0/s1. The lowest BCUT2D eigenvalue weighted by atomic mass is 10.2. The van der Waals surface area contributed by atoms with Crippen LogP contribution >= 0.6 is 0 Å². The van der Waals surface area contributed by atoms with Gasteiger partial charge in [0.2, 0.25) is 0 Å². The van der Waals surface area contributed by atoms with Crippen molar-refractivity contribution in [2.24, 2.45) is 0 Å². The van der Waals surface area contributed by atoms with Crippen molar-refractivity contribution in [3.63, 3.8) is 0 Å². The Morgan fingerprint density at radius 2 is 2.03 bits per heavy atom. The van der Waals surface area contributed by atoms with Gasteiger partial charge in [0.15, 0.2) is 23.1 Å². The number of pyridine rings is 2. The number of fused-ring (bicyclic) bond motifs is 1. The molecule has 0 aliphatic carbocycles. The molecule has 0 saturated carbocycles. The van der Waals surface area contributed by atoms with Gasteiger partial charge in [-0.25, -0.2) is 13.8 Å². The highest BCUT2D eigenvalue weighted by atomic mass is 19.1. The van der Waals surface area contributed by atoms with Crippen LogP contribution in [-0.2, 0) is 4.79 Å². The lowest BCUT2D eigenvalue weighted by molar-refractivity contribution is -0.120. The van der Waals surface area contributed by atoms with Crippen LogP contribution in [0.4, 0.5) is 14.6 Å². The molecule has 31 heavy (non-hydrogen) atoms. The van der Waals surface area contributed by atoms with Crippen LogP contribution < -0.4 is 19.7 Å². The second kappa shape index (κ2) is 8.34. The molecule has 10 heteroatoms. The molecule has 1 N–H and O–H groups in total. The average Bonchev–Trinajstić information content (AvgIpc) is 2.88. The summed E-state index contributed by atoms with van der Waals surface area (Å²) < 4.78 is 37.8. The maximum Gasteiger partial charge on any atom is 0.270 e. The van der Waals surface area contributed by atoms with Crippen LogP contribution in [0.2, 0.25) is 0 Å². The fourth-order valence-corrected chi connectivity index (χ4v) is 2.95. The van der Waals surface area contributed by atoms with Crippen molar-refractivity contribution < 1.29 is 27.8 Å². The molecule has 8 nitrogen and oxygen atoms in total. The van der Waals surface area contributed by atoms with E-state index >= 15 is 0 Å². The quantitative estimate of drug-likeness (QED) is 0.690. The zero-order chi connectivity index (χ0) is 22.0. The van der Waals surface area contributed by atoms with Gasteiger partial charge in [-0.2, -0.15) is 0 Å². The number of anilines is 1. The summed E-state index contributed by atoms with van der Waals surface area (Å²) >= 11 is 0. The number of rotatable bonds is 4. The van der Waals surface area contributed by atoms with Crippen molar-refractivity contribution in [3.05, 3.63) is 72.2 Å². The third-order valence-corrected chi connectivity index (χ3v) is 4.49. The Labute approximate surface area is 175 Å². The number of aromatic nitrogens is 2. The molecule has 0 radical (unpaired) electrons. The monoisotopic (exact) mass is 426 g/mol. The van der Waals surface area contributed by atoms with Gasteiger partial charge in [0.25, 0.3) is 11.8 Å². The summed E-state index contributed by atoms with van der Waals surface area (Å²) in [5, 5.41) is 2.58. The molecule has 3 heterocycles. The molecular weight excluding hydrogens is 410 g/mol. The van der Waals surface area contributed by atoms with Crippen LogP contribution in [0.15, 0.2) is 54.9 Å². The molecule has 158 valence electrons. The van der Waals surface area contributed by atoms with Crippen molar-refractivity contribution >= 4 is 17.6 Å². The molecule has 4 rings (SSSR count). The van der Waals surface area contributed by atoms with Crippen molar-refractivity contribution in [2.45, 2.75) is 6.04 Å². The summed E-state index contributed by atoms with van der Waals surface area (Å²) in [6.45, 7) is -0.0927. The predicted octanol–water partition coefficient (Wildman–Crippen LogP) is 2.70. The Bertz CT molecular complexity index is 1160. The second-order valence-corrected chi connectivity index (χ2v) is 6.61. The van der Waals surface area contributed by atoms with E-state index in [4.69, 9.17) is 9.47 Å². The van der Waals surface area contributed by atoms with Gasteiger partial charge in [0.1, 0.15) is 29.9 Å². The number of carbonyl (C=O) groups excluding carboxylic acids is 2. The van der Waals surface area contributed by atoms with E-state index in [2.05, 4.69) is 15.3 Å². The Balaban J connectivity index is 1.49. The van der Waals surface area contributed by atoms with Gasteiger partial charge in [-0.15, -0.1) is 0 Å². The predicted molar refractivity (Wildman–Crippen MR) is 105 cm³/mol. The van der Waals surface area contributed by atoms with E-state index in [0.717, 1.165) is 12.1 Å². The van der Waals surface area contributed by atoms with Crippen molar-refractivity contribution in [2.75, 3.05) is 18.6 Å². The molecule has 0 saturated heterocycles. The van der Waals surface area contributed by atoms with Crippen molar-refractivity contribution in [1.82, 2.24) is 15.3 Å². The lowest BCUT2D eigenvalue weighted by Crippen LogP contribution is -2.49. The number of ether oxygens (including phenoxy) is 2. The molecule has 3 aromatic rings. The van der Waals surface area contributed by atoms with E-state index in [-0.39, 0.29) is 23.8 Å². The maximum absolute atomic E-state index is 13.8. The minimum Gasteiger partial charge on any atom is -0.487 e. The van der Waals surface area contributed by atoms with Gasteiger partial charge in [0.05, 0.1) is 0 Å². The number of nitrogens with one attached hydrogen (secondary N) is 1. The second-order valence-electron chi connectivity index (χ2n) is 6.61. The number of hydrogen-bond acceptors (Lipinski definition) is 6. The molecule has 1 aliphatic heterocycles. The third-order valence-electron chi connectivity index (χ3n) is 4.49. The summed E-state index contributed by atoms with van der Waals surface area (Å²) in [6.07, 6.45) is 2.83. The topological polar surface area (TPSA) is 93.7 Å². The first-order valence-corrected chi connectivity index (χ1v) is 9.17. The van der Waals surface area contributed by atoms with E-state index in [1.165, 1.54) is 36.5 Å². The van der Waals surface area contributed by atoms with Crippen molar-refractivity contribution in [3.8, 4) is 17.2 Å². The minimum atomic E-state index is -0.979. The molecule has 0 spiro atoms. The van der Waals surface area contributed by atoms with Crippen LogP contribution in [-0.4, -0.2) is 41.5 Å². The highest BCUT2D eigenvalue weighted by Gasteiger charge is 2.31. The van der Waals surface area contributed by atoms with Crippen molar-refractivity contribution in [1.29, 1.82) is 0 Å². The fraction of sp³-hybridized carbons (Fsp3) is 0.143. The SMILES string of the molecule is CN1C(=O)[C@@H](NC(=O)c2cc(Oc3ccc(F)cc3F)ccn2)COc2cccnc21. The molecule has 2 amide bonds. The number of hydrogen-bond donors (Lipinski definition) is 1. The van der Waals surface area contributed by atoms with Gasteiger partial charge in [0, 0.05) is 31.6 Å². The molecule has 0 bridgehead atoms. The minimum absolute atomic E-state index is 0.0599. The largest absolute Gasteiger partial charge is 0.487 e. The van der Waals surface area contributed by atoms with E-state index in [1.807, 2.05) is 0 Å². The Morgan fingerprint density at radius 3 is 2.84 bits per heavy atom. The first-order chi connectivity index (χ1) is 14.9. The highest BCUT2D eigenvalue weighted by Crippen LogP contribution is 2.28. The Kier molecular flexibility index (Phi) is 5.44. The molecule has 2 aromatic heterocycles. The smallest absolute Gasteiger partial charge is 0.270 e. The Hall–Kier alpha value is -4.08. The molecule has 1 atom stereocenters. The van der Waals surface area contributed by atoms with E-state index in [9.17, 15) is 18.4 Å². The summed E-state index contributed by atoms with van der Waals surface area (Å²) in [4.78, 5) is 34.8. The maximum atomic E-state index is 13.8. The molecule has 1 aromatic carbocycles. The van der Waals surface area contributed by atoms with Crippen LogP contribution in [0.25, 0.3) is 0 Å². The first kappa shape index (κ1) is 20.2. The van der Waals surface area contributed by atoms with Crippen LogP contribution in [0, 0.1) is 11.6 Å². The number of carbonyl (C=O) groups is 2. The fourth-order valence-electron chi connectivity index (χ4n) is 2.95. The Morgan fingerprint density at radius 1 is 1.19 bits per heavy atom. The van der Waals surface area contributed by atoms with E-state index in [0.29, 0.717) is 17.6 Å². The number of amides is 2. The zero-order valence-electron chi connectivity index (χ0n) is 16.2. The summed E-state index contributed by atoms with van der Waals surface area (Å²) in [5.41, 5.74) is -0.0599. The summed E-state index contributed by atoms with van der Waals surface area (Å²) in [6, 6.07) is 7.93. The molecule has 0 unspecified atom stereocenters. The number of halogens is 2. The van der Waals surface area contributed by atoms with Gasteiger partial charge in [-0.3, -0.25) is 19.5 Å². The lowest BCUT2D eigenvalue weighted by Gasteiger charge is -2.19. The van der Waals surface area contributed by atoms with Crippen LogP contribution in [0.1, 0.15) is 10.5 Å². The summed E-state index contributed by atoms with van der Waals surface area (Å²) in [5.74, 6) is -2.02. The summed E-state index contributed by atoms with van der Waals surface area (Å²) in [7, 11) is 1.53. The molecular formula is C21H16F2N4O4. The normalized spacial score (nSPS) is 15.5. The van der Waals surface area contributed by atoms with Gasteiger partial charge in [-0.1, -0.05) is 0 Å². The number of benzene rings is 1. The molecule has 1 aliphatic rings. The zero-order valence-corrected chi connectivity index (χ0v) is 16.2.